The fraction of sp³-hybridized carbons (Fsp3) is 0.571. The van der Waals surface area contributed by atoms with Crippen LogP contribution in [0.25, 0.3) is 0 Å². The van der Waals surface area contributed by atoms with Gasteiger partial charge in [0.2, 0.25) is 0 Å². The molecule has 0 heterocycles. The molecule has 0 amide bonds. The number of nitrogens with two attached hydrogens (primary N) is 2. The molecule has 1 aromatic carbocycles. The maximum atomic E-state index is 6.25. The van der Waals surface area contributed by atoms with Crippen LogP contribution in [0.2, 0.25) is 0 Å². The van der Waals surface area contributed by atoms with Gasteiger partial charge in [0, 0.05) is 23.2 Å². The highest BCUT2D eigenvalue weighted by atomic mass is 16.5. The van der Waals surface area contributed by atoms with Crippen molar-refractivity contribution in [1.29, 1.82) is 0 Å². The Balaban J connectivity index is 3.14. The van der Waals surface area contributed by atoms with E-state index >= 15 is 0 Å². The van der Waals surface area contributed by atoms with Gasteiger partial charge in [-0.1, -0.05) is 0 Å². The molecule has 1 rings (SSSR count). The summed E-state index contributed by atoms with van der Waals surface area (Å²) in [5.74, 6) is 1.52. The zero-order valence-electron chi connectivity index (χ0n) is 11.9. The molecule has 0 aliphatic rings. The van der Waals surface area contributed by atoms with Gasteiger partial charge in [-0.3, -0.25) is 0 Å². The molecule has 0 aliphatic heterocycles. The lowest BCUT2D eigenvalue weighted by molar-refractivity contribution is 0.377. The van der Waals surface area contributed by atoms with Crippen LogP contribution in [0.5, 0.6) is 11.5 Å². The quantitative estimate of drug-likeness (QED) is 0.842. The van der Waals surface area contributed by atoms with E-state index in [9.17, 15) is 0 Å². The Labute approximate surface area is 109 Å². The van der Waals surface area contributed by atoms with Crippen LogP contribution in [0.4, 0.5) is 0 Å². The van der Waals surface area contributed by atoms with Crippen molar-refractivity contribution in [2.75, 3.05) is 14.2 Å². The van der Waals surface area contributed by atoms with Crippen LogP contribution in [-0.2, 0) is 0 Å². The molecule has 18 heavy (non-hydrogen) atoms. The number of aryl methyl sites for hydroxylation is 1. The molecule has 0 saturated carbocycles. The number of benzene rings is 1. The second-order valence-electron chi connectivity index (χ2n) is 5.36. The molecule has 0 radical (unpaired) electrons. The normalized spacial score (nSPS) is 13.3. The topological polar surface area (TPSA) is 70.5 Å². The van der Waals surface area contributed by atoms with Crippen molar-refractivity contribution >= 4 is 0 Å². The average Bonchev–Trinajstić information content (AvgIpc) is 2.24. The third kappa shape index (κ3) is 3.62. The van der Waals surface area contributed by atoms with Crippen LogP contribution >= 0.6 is 0 Å². The Hall–Kier alpha value is -1.26. The number of methoxy groups -OCH3 is 2. The van der Waals surface area contributed by atoms with E-state index in [2.05, 4.69) is 0 Å². The van der Waals surface area contributed by atoms with Crippen molar-refractivity contribution in [3.05, 3.63) is 23.3 Å². The third-order valence-corrected chi connectivity index (χ3v) is 2.89. The summed E-state index contributed by atoms with van der Waals surface area (Å²) in [4.78, 5) is 0. The van der Waals surface area contributed by atoms with Crippen molar-refractivity contribution in [2.24, 2.45) is 11.5 Å². The largest absolute Gasteiger partial charge is 0.497 e. The first-order valence-electron chi connectivity index (χ1n) is 6.05. The molecule has 4 heteroatoms. The molecule has 0 spiro atoms. The number of hydrogen-bond donors (Lipinski definition) is 2. The second-order valence-corrected chi connectivity index (χ2v) is 5.36. The van der Waals surface area contributed by atoms with Crippen LogP contribution in [0.1, 0.15) is 37.4 Å². The zero-order chi connectivity index (χ0) is 13.9. The molecule has 1 unspecified atom stereocenters. The summed E-state index contributed by atoms with van der Waals surface area (Å²) < 4.78 is 10.6. The van der Waals surface area contributed by atoms with Gasteiger partial charge in [-0.25, -0.2) is 0 Å². The summed E-state index contributed by atoms with van der Waals surface area (Å²) >= 11 is 0. The van der Waals surface area contributed by atoms with Crippen LogP contribution in [-0.4, -0.2) is 19.8 Å². The van der Waals surface area contributed by atoms with Crippen molar-refractivity contribution in [1.82, 2.24) is 0 Å². The van der Waals surface area contributed by atoms with Gasteiger partial charge in [-0.2, -0.15) is 0 Å². The molecule has 1 atom stereocenters. The maximum Gasteiger partial charge on any atom is 0.127 e. The highest BCUT2D eigenvalue weighted by Gasteiger charge is 2.22. The van der Waals surface area contributed by atoms with E-state index in [-0.39, 0.29) is 11.6 Å². The highest BCUT2D eigenvalue weighted by molar-refractivity contribution is 5.47. The van der Waals surface area contributed by atoms with Crippen molar-refractivity contribution in [2.45, 2.75) is 38.8 Å². The Morgan fingerprint density at radius 3 is 2.28 bits per heavy atom. The van der Waals surface area contributed by atoms with E-state index in [1.807, 2.05) is 32.9 Å². The first kappa shape index (κ1) is 14.8. The first-order chi connectivity index (χ1) is 8.28. The molecule has 0 aromatic heterocycles. The van der Waals surface area contributed by atoms with Gasteiger partial charge in [0.1, 0.15) is 11.5 Å². The van der Waals surface area contributed by atoms with E-state index in [0.717, 1.165) is 22.6 Å². The second kappa shape index (κ2) is 5.59. The minimum absolute atomic E-state index is 0.147. The summed E-state index contributed by atoms with van der Waals surface area (Å²) in [5, 5.41) is 0. The van der Waals surface area contributed by atoms with Crippen molar-refractivity contribution < 1.29 is 9.47 Å². The average molecular weight is 252 g/mol. The summed E-state index contributed by atoms with van der Waals surface area (Å²) in [7, 11) is 3.27. The fourth-order valence-corrected chi connectivity index (χ4v) is 2.16. The number of rotatable bonds is 5. The van der Waals surface area contributed by atoms with Gasteiger partial charge in [0.15, 0.2) is 0 Å². The summed E-state index contributed by atoms with van der Waals surface area (Å²) in [6.07, 6.45) is 0.691. The lowest BCUT2D eigenvalue weighted by atomic mass is 9.90. The Bertz CT molecular complexity index is 411. The summed E-state index contributed by atoms with van der Waals surface area (Å²) in [6.45, 7) is 5.94. The summed E-state index contributed by atoms with van der Waals surface area (Å²) in [5.41, 5.74) is 14.0. The lowest BCUT2D eigenvalue weighted by Crippen LogP contribution is -2.36. The van der Waals surface area contributed by atoms with E-state index in [0.29, 0.717) is 6.42 Å². The lowest BCUT2D eigenvalue weighted by Gasteiger charge is -2.26. The zero-order valence-corrected chi connectivity index (χ0v) is 11.9. The van der Waals surface area contributed by atoms with E-state index < -0.39 is 0 Å². The molecule has 102 valence electrons. The van der Waals surface area contributed by atoms with E-state index in [4.69, 9.17) is 20.9 Å². The number of ether oxygens (including phenoxy) is 2. The Morgan fingerprint density at radius 2 is 1.83 bits per heavy atom. The Kier molecular flexibility index (Phi) is 4.59. The minimum atomic E-state index is -0.309. The predicted molar refractivity (Wildman–Crippen MR) is 74.1 cm³/mol. The molecule has 0 saturated heterocycles. The number of hydrogen-bond acceptors (Lipinski definition) is 4. The molecule has 1 aromatic rings. The van der Waals surface area contributed by atoms with Crippen LogP contribution < -0.4 is 20.9 Å². The van der Waals surface area contributed by atoms with E-state index in [1.54, 1.807) is 14.2 Å². The van der Waals surface area contributed by atoms with Crippen LogP contribution in [0.3, 0.4) is 0 Å². The molecule has 4 N–H and O–H groups in total. The van der Waals surface area contributed by atoms with Gasteiger partial charge in [-0.15, -0.1) is 0 Å². The maximum absolute atomic E-state index is 6.25. The van der Waals surface area contributed by atoms with E-state index in [1.165, 1.54) is 0 Å². The third-order valence-electron chi connectivity index (χ3n) is 2.89. The van der Waals surface area contributed by atoms with Crippen molar-refractivity contribution in [3.8, 4) is 11.5 Å². The Morgan fingerprint density at radius 1 is 1.22 bits per heavy atom. The molecular formula is C14H24N2O2. The molecule has 4 nitrogen and oxygen atoms in total. The van der Waals surface area contributed by atoms with Crippen LogP contribution in [0.15, 0.2) is 12.1 Å². The fourth-order valence-electron chi connectivity index (χ4n) is 2.16. The standard InChI is InChI=1S/C14H24N2O2/c1-9-6-10(17-4)7-12(18-5)13(9)11(15)8-14(2,3)16/h6-7,11H,8,15-16H2,1-5H3. The van der Waals surface area contributed by atoms with Crippen molar-refractivity contribution in [3.63, 3.8) is 0 Å². The highest BCUT2D eigenvalue weighted by Crippen LogP contribution is 2.34. The van der Waals surface area contributed by atoms with Crippen LogP contribution in [0, 0.1) is 6.92 Å². The monoisotopic (exact) mass is 252 g/mol. The SMILES string of the molecule is COc1cc(C)c(C(N)CC(C)(C)N)c(OC)c1. The van der Waals surface area contributed by atoms with Gasteiger partial charge in [0.25, 0.3) is 0 Å². The summed E-state index contributed by atoms with van der Waals surface area (Å²) in [6, 6.07) is 3.67. The van der Waals surface area contributed by atoms with Gasteiger partial charge in [-0.05, 0) is 38.8 Å². The first-order valence-corrected chi connectivity index (χ1v) is 6.05. The van der Waals surface area contributed by atoms with Gasteiger partial charge in [0.05, 0.1) is 14.2 Å². The molecular weight excluding hydrogens is 228 g/mol. The molecule has 0 aliphatic carbocycles. The smallest absolute Gasteiger partial charge is 0.127 e. The van der Waals surface area contributed by atoms with Gasteiger partial charge >= 0.3 is 0 Å². The minimum Gasteiger partial charge on any atom is -0.497 e. The molecule has 0 bridgehead atoms. The predicted octanol–water partition coefficient (Wildman–Crippen LogP) is 2.14. The van der Waals surface area contributed by atoms with Gasteiger partial charge < -0.3 is 20.9 Å². The molecule has 0 fully saturated rings.